The van der Waals surface area contributed by atoms with Crippen LogP contribution < -0.4 is 10.6 Å². The largest absolute Gasteiger partial charge is 0.385 e. The third-order valence-corrected chi connectivity index (χ3v) is 3.37. The average molecular weight is 294 g/mol. The van der Waals surface area contributed by atoms with Crippen LogP contribution in [-0.2, 0) is 11.2 Å². The monoisotopic (exact) mass is 294 g/mol. The number of nitrogens with one attached hydrogen (secondary N) is 2. The number of rotatable bonds is 11. The molecule has 0 spiro atoms. The van der Waals surface area contributed by atoms with Gasteiger partial charge in [0.2, 0.25) is 0 Å². The first-order valence-electron chi connectivity index (χ1n) is 8.07. The Hall–Kier alpha value is -1.36. The molecule has 0 amide bonds. The average Bonchev–Trinajstić information content (AvgIpc) is 2.50. The van der Waals surface area contributed by atoms with Gasteiger partial charge in [0.1, 0.15) is 17.5 Å². The molecule has 5 nitrogen and oxygen atoms in total. The summed E-state index contributed by atoms with van der Waals surface area (Å²) >= 11 is 0. The summed E-state index contributed by atoms with van der Waals surface area (Å²) in [6.45, 7) is 9.05. The predicted molar refractivity (Wildman–Crippen MR) is 89.1 cm³/mol. The van der Waals surface area contributed by atoms with Gasteiger partial charge in [0.05, 0.1) is 0 Å². The van der Waals surface area contributed by atoms with Crippen LogP contribution >= 0.6 is 0 Å². The van der Waals surface area contributed by atoms with E-state index in [1.165, 1.54) is 6.42 Å². The molecule has 1 rings (SSSR count). The maximum absolute atomic E-state index is 5.06. The summed E-state index contributed by atoms with van der Waals surface area (Å²) in [7, 11) is 1.75. The quantitative estimate of drug-likeness (QED) is 0.613. The third-order valence-electron chi connectivity index (χ3n) is 3.37. The molecule has 0 aromatic carbocycles. The smallest absolute Gasteiger partial charge is 0.134 e. The molecule has 0 aliphatic rings. The molecule has 0 bridgehead atoms. The maximum Gasteiger partial charge on any atom is 0.134 e. The zero-order valence-electron chi connectivity index (χ0n) is 14.0. The van der Waals surface area contributed by atoms with E-state index in [1.807, 2.05) is 0 Å². The minimum absolute atomic E-state index is 0.845. The number of unbranched alkanes of at least 4 members (excludes halogenated alkanes) is 2. The Morgan fingerprint density at radius 3 is 2.19 bits per heavy atom. The van der Waals surface area contributed by atoms with E-state index < -0.39 is 0 Å². The fraction of sp³-hybridized carbons (Fsp3) is 0.750. The van der Waals surface area contributed by atoms with Crippen molar-refractivity contribution >= 4 is 11.6 Å². The molecule has 1 aromatic rings. The van der Waals surface area contributed by atoms with E-state index in [-0.39, 0.29) is 0 Å². The highest BCUT2D eigenvalue weighted by Crippen LogP contribution is 2.20. The second kappa shape index (κ2) is 10.4. The molecule has 0 aliphatic carbocycles. The number of hydrogen-bond acceptors (Lipinski definition) is 5. The van der Waals surface area contributed by atoms with Crippen LogP contribution in [0.4, 0.5) is 11.6 Å². The van der Waals surface area contributed by atoms with Crippen LogP contribution in [0.5, 0.6) is 0 Å². The van der Waals surface area contributed by atoms with Crippen LogP contribution in [0, 0.1) is 6.92 Å². The van der Waals surface area contributed by atoms with Gasteiger partial charge in [-0.25, -0.2) is 9.97 Å². The Kier molecular flexibility index (Phi) is 8.74. The van der Waals surface area contributed by atoms with E-state index in [9.17, 15) is 0 Å². The van der Waals surface area contributed by atoms with Gasteiger partial charge < -0.3 is 15.4 Å². The molecule has 0 fully saturated rings. The van der Waals surface area contributed by atoms with E-state index in [1.54, 1.807) is 7.11 Å². The van der Waals surface area contributed by atoms with Crippen LogP contribution in [0.15, 0.2) is 0 Å². The van der Waals surface area contributed by atoms with Gasteiger partial charge in [-0.3, -0.25) is 0 Å². The van der Waals surface area contributed by atoms with E-state index in [0.717, 1.165) is 68.4 Å². The topological polar surface area (TPSA) is 59.1 Å². The summed E-state index contributed by atoms with van der Waals surface area (Å²) < 4.78 is 5.06. The zero-order chi connectivity index (χ0) is 15.5. The fourth-order valence-electron chi connectivity index (χ4n) is 2.06. The van der Waals surface area contributed by atoms with Gasteiger partial charge >= 0.3 is 0 Å². The Morgan fingerprint density at radius 2 is 1.62 bits per heavy atom. The molecular formula is C16H30N4O. The molecule has 2 N–H and O–H groups in total. The molecule has 0 radical (unpaired) electrons. The lowest BCUT2D eigenvalue weighted by molar-refractivity contribution is 0.192. The highest BCUT2D eigenvalue weighted by molar-refractivity contribution is 5.57. The molecule has 0 unspecified atom stereocenters. The second-order valence-electron chi connectivity index (χ2n) is 5.22. The normalized spacial score (nSPS) is 10.7. The molecule has 21 heavy (non-hydrogen) atoms. The van der Waals surface area contributed by atoms with E-state index in [0.29, 0.717) is 0 Å². The lowest BCUT2D eigenvalue weighted by atomic mass is 10.2. The minimum Gasteiger partial charge on any atom is -0.385 e. The van der Waals surface area contributed by atoms with Crippen LogP contribution in [0.1, 0.15) is 50.9 Å². The number of anilines is 2. The van der Waals surface area contributed by atoms with Crippen LogP contribution in [-0.4, -0.2) is 36.8 Å². The molecule has 0 atom stereocenters. The second-order valence-corrected chi connectivity index (χ2v) is 5.22. The first kappa shape index (κ1) is 17.7. The summed E-state index contributed by atoms with van der Waals surface area (Å²) in [4.78, 5) is 9.19. The van der Waals surface area contributed by atoms with Gasteiger partial charge in [-0.05, 0) is 32.6 Å². The summed E-state index contributed by atoms with van der Waals surface area (Å²) in [5.74, 6) is 2.82. The Morgan fingerprint density at radius 1 is 0.952 bits per heavy atom. The molecule has 5 heteroatoms. The van der Waals surface area contributed by atoms with Crippen molar-refractivity contribution in [2.75, 3.05) is 37.4 Å². The van der Waals surface area contributed by atoms with E-state index in [2.05, 4.69) is 41.4 Å². The Balaban J connectivity index is 2.58. The van der Waals surface area contributed by atoms with Crippen molar-refractivity contribution in [3.8, 4) is 0 Å². The van der Waals surface area contributed by atoms with Gasteiger partial charge in [-0.15, -0.1) is 0 Å². The number of nitrogens with zero attached hydrogens (tertiary/aromatic N) is 2. The predicted octanol–water partition coefficient (Wildman–Crippen LogP) is 3.40. The maximum atomic E-state index is 5.06. The highest BCUT2D eigenvalue weighted by Gasteiger charge is 2.09. The van der Waals surface area contributed by atoms with Gasteiger partial charge in [0, 0.05) is 38.8 Å². The molecule has 0 aliphatic heterocycles. The minimum atomic E-state index is 0.845. The van der Waals surface area contributed by atoms with Crippen LogP contribution in [0.3, 0.4) is 0 Å². The first-order valence-corrected chi connectivity index (χ1v) is 8.07. The summed E-state index contributed by atoms with van der Waals surface area (Å²) in [6.07, 6.45) is 5.36. The molecular weight excluding hydrogens is 264 g/mol. The number of aromatic nitrogens is 2. The number of ether oxygens (including phenoxy) is 1. The summed E-state index contributed by atoms with van der Waals surface area (Å²) in [5, 5.41) is 6.84. The third kappa shape index (κ3) is 6.29. The molecule has 1 heterocycles. The number of methoxy groups -OCH3 is 1. The lowest BCUT2D eigenvalue weighted by Crippen LogP contribution is -2.12. The van der Waals surface area contributed by atoms with Crippen molar-refractivity contribution in [3.05, 3.63) is 11.4 Å². The Labute approximate surface area is 128 Å². The zero-order valence-corrected chi connectivity index (χ0v) is 14.0. The molecule has 1 aromatic heterocycles. The lowest BCUT2D eigenvalue weighted by Gasteiger charge is -2.14. The van der Waals surface area contributed by atoms with Crippen molar-refractivity contribution in [3.63, 3.8) is 0 Å². The fourth-order valence-corrected chi connectivity index (χ4v) is 2.06. The Bertz CT molecular complexity index is 410. The summed E-state index contributed by atoms with van der Waals surface area (Å²) in [6, 6.07) is 0. The standard InChI is InChI=1S/C16H30N4O/c1-5-10-17-15-13(3)16(20-14(6-2)19-15)18-11-8-7-9-12-21-4/h5-12H2,1-4H3,(H2,17,18,19,20). The van der Waals surface area contributed by atoms with Crippen LogP contribution in [0.2, 0.25) is 0 Å². The van der Waals surface area contributed by atoms with Crippen molar-refractivity contribution in [2.45, 2.75) is 52.9 Å². The van der Waals surface area contributed by atoms with Crippen LogP contribution in [0.25, 0.3) is 0 Å². The van der Waals surface area contributed by atoms with E-state index >= 15 is 0 Å². The summed E-state index contributed by atoms with van der Waals surface area (Å²) in [5.41, 5.74) is 1.11. The van der Waals surface area contributed by atoms with Crippen molar-refractivity contribution in [1.29, 1.82) is 0 Å². The van der Waals surface area contributed by atoms with Crippen molar-refractivity contribution in [2.24, 2.45) is 0 Å². The van der Waals surface area contributed by atoms with Gasteiger partial charge in [0.25, 0.3) is 0 Å². The number of hydrogen-bond donors (Lipinski definition) is 2. The first-order chi connectivity index (χ1) is 10.2. The molecule has 0 saturated carbocycles. The van der Waals surface area contributed by atoms with Gasteiger partial charge in [0.15, 0.2) is 0 Å². The van der Waals surface area contributed by atoms with Crippen molar-refractivity contribution < 1.29 is 4.74 Å². The van der Waals surface area contributed by atoms with Gasteiger partial charge in [-0.1, -0.05) is 13.8 Å². The SMILES string of the molecule is CCCNc1nc(CC)nc(NCCCCCOC)c1C. The van der Waals surface area contributed by atoms with E-state index in [4.69, 9.17) is 4.74 Å². The highest BCUT2D eigenvalue weighted by atomic mass is 16.5. The van der Waals surface area contributed by atoms with Crippen molar-refractivity contribution in [1.82, 2.24) is 9.97 Å². The number of aryl methyl sites for hydroxylation is 1. The van der Waals surface area contributed by atoms with Gasteiger partial charge in [-0.2, -0.15) is 0 Å². The molecule has 0 saturated heterocycles. The molecule has 120 valence electrons.